The molecule has 1 aliphatic rings. The molecule has 100 valence electrons. The third-order valence-corrected chi connectivity index (χ3v) is 2.84. The van der Waals surface area contributed by atoms with Crippen LogP contribution in [0.1, 0.15) is 0 Å². The Morgan fingerprint density at radius 1 is 1.00 bits per heavy atom. The summed E-state index contributed by atoms with van der Waals surface area (Å²) in [4.78, 5) is 0. The summed E-state index contributed by atoms with van der Waals surface area (Å²) in [5, 5.41) is 37.9. The molecule has 5 atom stereocenters. The van der Waals surface area contributed by atoms with E-state index in [0.717, 1.165) is 0 Å². The van der Waals surface area contributed by atoms with Crippen molar-refractivity contribution in [3.63, 3.8) is 0 Å². The summed E-state index contributed by atoms with van der Waals surface area (Å²) in [6.45, 7) is -0.473. The molecule has 0 spiro atoms. The van der Waals surface area contributed by atoms with Gasteiger partial charge < -0.3 is 29.9 Å². The summed E-state index contributed by atoms with van der Waals surface area (Å²) in [5.74, 6) is 0.460. The highest BCUT2D eigenvalue weighted by atomic mass is 16.7. The molecule has 0 saturated carbocycles. The van der Waals surface area contributed by atoms with Crippen LogP contribution in [0, 0.1) is 0 Å². The molecule has 0 radical (unpaired) electrons. The summed E-state index contributed by atoms with van der Waals surface area (Å²) in [6.07, 6.45) is -6.28. The van der Waals surface area contributed by atoms with Crippen LogP contribution in [-0.2, 0) is 4.74 Å². The van der Waals surface area contributed by atoms with Crippen molar-refractivity contribution in [1.82, 2.24) is 0 Å². The normalized spacial score (nSPS) is 36.3. The van der Waals surface area contributed by atoms with Gasteiger partial charge in [-0.3, -0.25) is 0 Å². The Hall–Kier alpha value is -1.18. The van der Waals surface area contributed by atoms with E-state index in [1.54, 1.807) is 30.3 Å². The minimum Gasteiger partial charge on any atom is -0.462 e. The van der Waals surface area contributed by atoms with Gasteiger partial charge in [0.1, 0.15) is 30.2 Å². The molecule has 0 aromatic heterocycles. The summed E-state index contributed by atoms with van der Waals surface area (Å²) >= 11 is 0. The van der Waals surface area contributed by atoms with E-state index < -0.39 is 37.3 Å². The van der Waals surface area contributed by atoms with E-state index in [-0.39, 0.29) is 0 Å². The maximum atomic E-state index is 9.74. The number of hydrogen-bond donors (Lipinski definition) is 4. The van der Waals surface area contributed by atoms with Gasteiger partial charge in [-0.2, -0.15) is 0 Å². The Morgan fingerprint density at radius 3 is 2.28 bits per heavy atom. The lowest BCUT2D eigenvalue weighted by atomic mass is 9.99. The van der Waals surface area contributed by atoms with Crippen molar-refractivity contribution in [3.8, 4) is 5.75 Å². The molecular weight excluding hydrogens is 240 g/mol. The van der Waals surface area contributed by atoms with E-state index in [1.807, 2.05) is 0 Å². The average Bonchev–Trinajstić information content (AvgIpc) is 2.40. The molecule has 18 heavy (non-hydrogen) atoms. The molecule has 6 heteroatoms. The first-order chi connectivity index (χ1) is 8.63. The van der Waals surface area contributed by atoms with Gasteiger partial charge in [0.15, 0.2) is 0 Å². The fraction of sp³-hybridized carbons (Fsp3) is 0.500. The summed E-state index contributed by atoms with van der Waals surface area (Å²) in [5.41, 5.74) is 0. The topological polar surface area (TPSA) is 99.4 Å². The van der Waals surface area contributed by atoms with Gasteiger partial charge >= 0.3 is 0 Å². The maximum Gasteiger partial charge on any atom is 0.229 e. The molecule has 1 fully saturated rings. The predicted octanol–water partition coefficient (Wildman–Crippen LogP) is -1.13. The van der Waals surface area contributed by atoms with Crippen molar-refractivity contribution in [2.24, 2.45) is 0 Å². The highest BCUT2D eigenvalue weighted by Gasteiger charge is 2.44. The zero-order valence-corrected chi connectivity index (χ0v) is 9.59. The van der Waals surface area contributed by atoms with Gasteiger partial charge in [-0.05, 0) is 12.1 Å². The number of benzene rings is 1. The summed E-state index contributed by atoms with van der Waals surface area (Å²) in [7, 11) is 0. The van der Waals surface area contributed by atoms with Gasteiger partial charge in [0.2, 0.25) is 6.29 Å². The Bertz CT molecular complexity index is 368. The maximum absolute atomic E-state index is 9.74. The number of para-hydroxylation sites is 1. The van der Waals surface area contributed by atoms with Gasteiger partial charge in [0.25, 0.3) is 0 Å². The highest BCUT2D eigenvalue weighted by molar-refractivity contribution is 5.21. The predicted molar refractivity (Wildman–Crippen MR) is 60.8 cm³/mol. The first-order valence-corrected chi connectivity index (χ1v) is 5.65. The van der Waals surface area contributed by atoms with Crippen molar-refractivity contribution < 1.29 is 29.9 Å². The Morgan fingerprint density at radius 2 is 1.67 bits per heavy atom. The van der Waals surface area contributed by atoms with Crippen LogP contribution in [0.25, 0.3) is 0 Å². The smallest absolute Gasteiger partial charge is 0.229 e. The van der Waals surface area contributed by atoms with Crippen molar-refractivity contribution in [3.05, 3.63) is 30.3 Å². The molecule has 2 rings (SSSR count). The molecule has 1 saturated heterocycles. The van der Waals surface area contributed by atoms with Crippen LogP contribution in [0.3, 0.4) is 0 Å². The van der Waals surface area contributed by atoms with Crippen molar-refractivity contribution in [2.75, 3.05) is 6.61 Å². The quantitative estimate of drug-likeness (QED) is 0.546. The third kappa shape index (κ3) is 2.63. The SMILES string of the molecule is OC[C@@H]1O[C@@H](Oc2ccccc2)[C@H](O)[C@H](O)[C@H]1O. The monoisotopic (exact) mass is 256 g/mol. The Kier molecular flexibility index (Phi) is 4.15. The first-order valence-electron chi connectivity index (χ1n) is 5.65. The number of ether oxygens (including phenoxy) is 2. The second-order valence-electron chi connectivity index (χ2n) is 4.13. The van der Waals surface area contributed by atoms with E-state index in [4.69, 9.17) is 14.6 Å². The number of aliphatic hydroxyl groups excluding tert-OH is 4. The molecular formula is C12H16O6. The van der Waals surface area contributed by atoms with Gasteiger partial charge in [0.05, 0.1) is 6.61 Å². The number of rotatable bonds is 3. The molecule has 0 bridgehead atoms. The minimum absolute atomic E-state index is 0.460. The summed E-state index contributed by atoms with van der Waals surface area (Å²) in [6, 6.07) is 8.64. The fourth-order valence-corrected chi connectivity index (χ4v) is 1.80. The molecule has 1 aromatic carbocycles. The molecule has 0 aliphatic carbocycles. The molecule has 4 N–H and O–H groups in total. The lowest BCUT2D eigenvalue weighted by Crippen LogP contribution is -2.60. The molecule has 1 heterocycles. The molecule has 1 aromatic rings. The number of hydrogen-bond acceptors (Lipinski definition) is 6. The van der Waals surface area contributed by atoms with Crippen LogP contribution in [0.15, 0.2) is 30.3 Å². The lowest BCUT2D eigenvalue weighted by molar-refractivity contribution is -0.277. The average molecular weight is 256 g/mol. The van der Waals surface area contributed by atoms with Crippen LogP contribution in [0.5, 0.6) is 5.75 Å². The zero-order chi connectivity index (χ0) is 13.1. The van der Waals surface area contributed by atoms with E-state index in [9.17, 15) is 15.3 Å². The largest absolute Gasteiger partial charge is 0.462 e. The Balaban J connectivity index is 2.08. The third-order valence-electron chi connectivity index (χ3n) is 2.84. The van der Waals surface area contributed by atoms with E-state index in [1.165, 1.54) is 0 Å². The van der Waals surface area contributed by atoms with Gasteiger partial charge in [-0.15, -0.1) is 0 Å². The second kappa shape index (κ2) is 5.64. The highest BCUT2D eigenvalue weighted by Crippen LogP contribution is 2.23. The van der Waals surface area contributed by atoms with Gasteiger partial charge in [-0.25, -0.2) is 0 Å². The van der Waals surface area contributed by atoms with Crippen LogP contribution >= 0.6 is 0 Å². The van der Waals surface area contributed by atoms with Crippen molar-refractivity contribution in [1.29, 1.82) is 0 Å². The first kappa shape index (κ1) is 13.3. The van der Waals surface area contributed by atoms with E-state index in [0.29, 0.717) is 5.75 Å². The standard InChI is InChI=1S/C12H16O6/c13-6-8-9(14)10(15)11(16)12(18-8)17-7-4-2-1-3-5-7/h1-5,8-16H,6H2/t8-,9-,10+,11+,12+/m0/s1. The molecule has 0 unspecified atom stereocenters. The van der Waals surface area contributed by atoms with Crippen molar-refractivity contribution >= 4 is 0 Å². The van der Waals surface area contributed by atoms with Crippen LogP contribution < -0.4 is 4.74 Å². The van der Waals surface area contributed by atoms with Crippen LogP contribution in [-0.4, -0.2) is 57.7 Å². The van der Waals surface area contributed by atoms with Gasteiger partial charge in [0, 0.05) is 0 Å². The summed E-state index contributed by atoms with van der Waals surface area (Å²) < 4.78 is 10.6. The zero-order valence-electron chi connectivity index (χ0n) is 9.59. The van der Waals surface area contributed by atoms with E-state index >= 15 is 0 Å². The number of aliphatic hydroxyl groups is 4. The molecule has 6 nitrogen and oxygen atoms in total. The second-order valence-corrected chi connectivity index (χ2v) is 4.13. The van der Waals surface area contributed by atoms with E-state index in [2.05, 4.69) is 0 Å². The van der Waals surface area contributed by atoms with Crippen LogP contribution in [0.2, 0.25) is 0 Å². The molecule has 0 amide bonds. The van der Waals surface area contributed by atoms with Gasteiger partial charge in [-0.1, -0.05) is 18.2 Å². The Labute approximate surface area is 104 Å². The van der Waals surface area contributed by atoms with Crippen LogP contribution in [0.4, 0.5) is 0 Å². The fourth-order valence-electron chi connectivity index (χ4n) is 1.80. The lowest BCUT2D eigenvalue weighted by Gasteiger charge is -2.39. The molecule has 1 aliphatic heterocycles. The van der Waals surface area contributed by atoms with Crippen molar-refractivity contribution in [2.45, 2.75) is 30.7 Å². The minimum atomic E-state index is -1.43.